The molecule has 3 aromatic rings. The fourth-order valence-corrected chi connectivity index (χ4v) is 9.69. The second-order valence-corrected chi connectivity index (χ2v) is 13.7. The Balaban J connectivity index is 1.18. The highest BCUT2D eigenvalue weighted by atomic mass is 32.2. The number of carbonyl (C=O) groups is 1. The maximum Gasteiger partial charge on any atom is 0.245 e. The third kappa shape index (κ3) is 3.41. The number of benzene rings is 3. The lowest BCUT2D eigenvalue weighted by Crippen LogP contribution is -2.48. The molecule has 1 saturated heterocycles. The number of hydrogen-bond acceptors (Lipinski definition) is 5. The molecule has 0 spiro atoms. The zero-order valence-electron chi connectivity index (χ0n) is 20.9. The average molecular weight is 528 g/mol. The van der Waals surface area contributed by atoms with E-state index in [1.54, 1.807) is 11.9 Å². The number of fused-ring (bicyclic) bond motifs is 2. The minimum Gasteiger partial charge on any atom is -0.454 e. The predicted octanol–water partition coefficient (Wildman–Crippen LogP) is 7.23. The van der Waals surface area contributed by atoms with Crippen LogP contribution in [-0.4, -0.2) is 29.0 Å². The van der Waals surface area contributed by atoms with Crippen molar-refractivity contribution in [3.63, 3.8) is 0 Å². The largest absolute Gasteiger partial charge is 0.454 e. The summed E-state index contributed by atoms with van der Waals surface area (Å²) in [5, 5.41) is 2.05. The average Bonchev–Trinajstić information content (AvgIpc) is 3.47. The SMILES string of the molecule is CN1C(=O)C(c2ccc3cc(-c4cc5c(c(C67CC8CC(CC(C8)C6)C7)c4)OCO5)ccc3c2)SC1=S. The van der Waals surface area contributed by atoms with Gasteiger partial charge in [-0.15, -0.1) is 0 Å². The summed E-state index contributed by atoms with van der Waals surface area (Å²) in [6.07, 6.45) is 8.19. The molecule has 1 amide bonds. The zero-order chi connectivity index (χ0) is 24.9. The van der Waals surface area contributed by atoms with E-state index in [9.17, 15) is 4.79 Å². The first kappa shape index (κ1) is 22.4. The van der Waals surface area contributed by atoms with Gasteiger partial charge in [-0.3, -0.25) is 9.69 Å². The van der Waals surface area contributed by atoms with Crippen LogP contribution in [0.2, 0.25) is 0 Å². The van der Waals surface area contributed by atoms with Crippen LogP contribution in [0.5, 0.6) is 11.5 Å². The molecule has 37 heavy (non-hydrogen) atoms. The van der Waals surface area contributed by atoms with Gasteiger partial charge in [0.15, 0.2) is 11.5 Å². The highest BCUT2D eigenvalue weighted by Crippen LogP contribution is 2.63. The van der Waals surface area contributed by atoms with Crippen molar-refractivity contribution in [2.45, 2.75) is 49.2 Å². The lowest BCUT2D eigenvalue weighted by atomic mass is 9.48. The summed E-state index contributed by atoms with van der Waals surface area (Å²) < 4.78 is 12.7. The molecule has 4 bridgehead atoms. The normalized spacial score (nSPS) is 31.6. The molecule has 4 nitrogen and oxygen atoms in total. The van der Waals surface area contributed by atoms with E-state index in [0.717, 1.165) is 40.2 Å². The first-order valence-electron chi connectivity index (χ1n) is 13.4. The topological polar surface area (TPSA) is 38.8 Å². The lowest BCUT2D eigenvalue weighted by Gasteiger charge is -2.57. The molecule has 0 aromatic heterocycles. The van der Waals surface area contributed by atoms with E-state index in [-0.39, 0.29) is 16.6 Å². The predicted molar refractivity (Wildman–Crippen MR) is 151 cm³/mol. The summed E-state index contributed by atoms with van der Waals surface area (Å²) >= 11 is 6.80. The molecule has 0 N–H and O–H groups in total. The number of likely N-dealkylation sites (N-methyl/N-ethyl adjacent to an activating group) is 1. The summed E-state index contributed by atoms with van der Waals surface area (Å²) in [5.74, 6) is 4.59. The number of ether oxygens (including phenoxy) is 2. The second-order valence-electron chi connectivity index (χ2n) is 11.9. The van der Waals surface area contributed by atoms with Crippen molar-refractivity contribution in [1.29, 1.82) is 0 Å². The van der Waals surface area contributed by atoms with Gasteiger partial charge in [0.2, 0.25) is 12.7 Å². The van der Waals surface area contributed by atoms with Crippen molar-refractivity contribution < 1.29 is 14.3 Å². The van der Waals surface area contributed by atoms with Gasteiger partial charge < -0.3 is 9.47 Å². The molecule has 6 heteroatoms. The van der Waals surface area contributed by atoms with E-state index in [0.29, 0.717) is 11.1 Å². The maximum absolute atomic E-state index is 12.6. The molecule has 1 atom stereocenters. The third-order valence-electron chi connectivity index (χ3n) is 9.63. The Kier molecular flexibility index (Phi) is 4.83. The number of rotatable bonds is 3. The van der Waals surface area contributed by atoms with E-state index in [2.05, 4.69) is 48.5 Å². The first-order valence-corrected chi connectivity index (χ1v) is 14.7. The van der Waals surface area contributed by atoms with Crippen LogP contribution in [0.25, 0.3) is 21.9 Å². The van der Waals surface area contributed by atoms with Crippen LogP contribution < -0.4 is 9.47 Å². The molecule has 1 unspecified atom stereocenters. The first-order chi connectivity index (χ1) is 18.0. The molecule has 0 radical (unpaired) electrons. The summed E-state index contributed by atoms with van der Waals surface area (Å²) in [6.45, 7) is 0.315. The Morgan fingerprint density at radius 3 is 2.30 bits per heavy atom. The number of carbonyl (C=O) groups excluding carboxylic acids is 1. The summed E-state index contributed by atoms with van der Waals surface area (Å²) in [6, 6.07) is 17.6. The molecule has 2 aliphatic heterocycles. The Hall–Kier alpha value is -2.57. The maximum atomic E-state index is 12.6. The fraction of sp³-hybridized carbons (Fsp3) is 0.419. The van der Waals surface area contributed by atoms with Crippen molar-refractivity contribution in [2.24, 2.45) is 17.8 Å². The molecule has 2 heterocycles. The van der Waals surface area contributed by atoms with Crippen LogP contribution in [0.15, 0.2) is 48.5 Å². The summed E-state index contributed by atoms with van der Waals surface area (Å²) in [4.78, 5) is 14.2. The van der Waals surface area contributed by atoms with Crippen molar-refractivity contribution in [2.75, 3.05) is 13.8 Å². The fourth-order valence-electron chi connectivity index (χ4n) is 8.32. The standard InChI is InChI=1S/C31H29NO3S2/c1-32-29(33)28(37-30(32)36)23-5-4-20-9-22(3-2-21(20)10-23)24-11-25(27-26(12-24)34-16-35-27)31-13-17-6-18(14-31)8-19(7-17)15-31/h2-5,9-12,17-19,28H,6-8,13-16H2,1H3. The molecule has 188 valence electrons. The molecule has 9 rings (SSSR count). The molecule has 6 aliphatic rings. The minimum atomic E-state index is -0.252. The van der Waals surface area contributed by atoms with Crippen LogP contribution in [0.1, 0.15) is 54.9 Å². The van der Waals surface area contributed by atoms with Gasteiger partial charge >= 0.3 is 0 Å². The Bertz CT molecular complexity index is 1460. The molecular weight excluding hydrogens is 498 g/mol. The minimum absolute atomic E-state index is 0.0588. The monoisotopic (exact) mass is 527 g/mol. The van der Waals surface area contributed by atoms with Crippen molar-refractivity contribution in [3.8, 4) is 22.6 Å². The zero-order valence-corrected chi connectivity index (χ0v) is 22.5. The second kappa shape index (κ2) is 7.97. The molecule has 4 saturated carbocycles. The van der Waals surface area contributed by atoms with E-state index < -0.39 is 0 Å². The Morgan fingerprint density at radius 2 is 1.59 bits per heavy atom. The molecule has 5 fully saturated rings. The highest BCUT2D eigenvalue weighted by Gasteiger charge is 2.53. The Labute approximate surface area is 226 Å². The molecule has 4 aliphatic carbocycles. The van der Waals surface area contributed by atoms with E-state index >= 15 is 0 Å². The van der Waals surface area contributed by atoms with Crippen LogP contribution >= 0.6 is 24.0 Å². The van der Waals surface area contributed by atoms with Crippen molar-refractivity contribution >= 4 is 45.0 Å². The van der Waals surface area contributed by atoms with Crippen LogP contribution in [0.4, 0.5) is 0 Å². The van der Waals surface area contributed by atoms with Gasteiger partial charge in [-0.25, -0.2) is 0 Å². The van der Waals surface area contributed by atoms with E-state index in [4.69, 9.17) is 21.7 Å². The van der Waals surface area contributed by atoms with Gasteiger partial charge in [-0.05, 0) is 113 Å². The van der Waals surface area contributed by atoms with Gasteiger partial charge in [0.05, 0.1) is 0 Å². The summed E-state index contributed by atoms with van der Waals surface area (Å²) in [7, 11) is 1.76. The van der Waals surface area contributed by atoms with Crippen molar-refractivity contribution in [1.82, 2.24) is 4.90 Å². The number of thioether (sulfide) groups is 1. The van der Waals surface area contributed by atoms with Gasteiger partial charge in [0.1, 0.15) is 9.57 Å². The molecule has 3 aromatic carbocycles. The lowest BCUT2D eigenvalue weighted by molar-refractivity contribution is -0.125. The van der Waals surface area contributed by atoms with E-state index in [1.807, 2.05) is 0 Å². The van der Waals surface area contributed by atoms with Gasteiger partial charge in [-0.1, -0.05) is 48.2 Å². The number of thiocarbonyl (C=S) groups is 1. The third-order valence-corrected chi connectivity index (χ3v) is 11.4. The van der Waals surface area contributed by atoms with Gasteiger partial charge in [0, 0.05) is 12.6 Å². The molecular formula is C31H29NO3S2. The van der Waals surface area contributed by atoms with Crippen LogP contribution in [-0.2, 0) is 10.2 Å². The smallest absolute Gasteiger partial charge is 0.245 e. The summed E-state index contributed by atoms with van der Waals surface area (Å²) in [5.41, 5.74) is 5.04. The van der Waals surface area contributed by atoms with E-state index in [1.165, 1.54) is 72.4 Å². The van der Waals surface area contributed by atoms with Gasteiger partial charge in [0.25, 0.3) is 0 Å². The number of amides is 1. The highest BCUT2D eigenvalue weighted by molar-refractivity contribution is 8.24. The van der Waals surface area contributed by atoms with Crippen LogP contribution in [0.3, 0.4) is 0 Å². The number of hydrogen-bond donors (Lipinski definition) is 0. The van der Waals surface area contributed by atoms with Crippen molar-refractivity contribution in [3.05, 3.63) is 59.7 Å². The Morgan fingerprint density at radius 1 is 0.892 bits per heavy atom. The van der Waals surface area contributed by atoms with Gasteiger partial charge in [-0.2, -0.15) is 0 Å². The number of nitrogens with zero attached hydrogens (tertiary/aromatic N) is 1. The van der Waals surface area contributed by atoms with Crippen LogP contribution in [0, 0.1) is 17.8 Å². The quantitative estimate of drug-likeness (QED) is 0.336.